The molecule has 0 unspecified atom stereocenters. The number of nitrogens with zero attached hydrogens (tertiary/aromatic N) is 1. The predicted molar refractivity (Wildman–Crippen MR) is 131 cm³/mol. The van der Waals surface area contributed by atoms with Crippen molar-refractivity contribution in [3.63, 3.8) is 0 Å². The lowest BCUT2D eigenvalue weighted by Gasteiger charge is -2.43. The van der Waals surface area contributed by atoms with Gasteiger partial charge in [-0.15, -0.1) is 0 Å². The van der Waals surface area contributed by atoms with Crippen LogP contribution >= 0.6 is 0 Å². The van der Waals surface area contributed by atoms with Crippen molar-refractivity contribution in [1.29, 1.82) is 0 Å². The van der Waals surface area contributed by atoms with Crippen molar-refractivity contribution < 1.29 is 48.3 Å². The first-order valence-electron chi connectivity index (χ1n) is 12.4. The number of amides is 1. The van der Waals surface area contributed by atoms with Crippen molar-refractivity contribution in [3.05, 3.63) is 101 Å². The molecular weight excluding hydrogens is 582 g/mol. The predicted octanol–water partition coefficient (Wildman–Crippen LogP) is 6.65. The summed E-state index contributed by atoms with van der Waals surface area (Å²) in [6.45, 7) is -0.0990. The molecule has 3 aromatic carbocycles. The lowest BCUT2D eigenvalue weighted by molar-refractivity contribution is -0.348. The van der Waals surface area contributed by atoms with Gasteiger partial charge >= 0.3 is 18.0 Å². The van der Waals surface area contributed by atoms with Crippen LogP contribution in [0.1, 0.15) is 39.9 Å². The summed E-state index contributed by atoms with van der Waals surface area (Å²) in [5, 5.41) is 0. The molecule has 3 aromatic rings. The van der Waals surface area contributed by atoms with Crippen LogP contribution in [0.3, 0.4) is 0 Å². The molecule has 1 aliphatic heterocycles. The molecule has 4 nitrogen and oxygen atoms in total. The van der Waals surface area contributed by atoms with Crippen LogP contribution in [0.2, 0.25) is 0 Å². The lowest BCUT2D eigenvalue weighted by Crippen LogP contribution is -2.53. The first-order chi connectivity index (χ1) is 19.1. The van der Waals surface area contributed by atoms with E-state index < -0.39 is 55.9 Å². The molecular formula is C28H21F8NO3S. The topological polar surface area (TPSA) is 54.5 Å². The quantitative estimate of drug-likeness (QED) is 0.248. The molecule has 0 spiro atoms. The highest BCUT2D eigenvalue weighted by Crippen LogP contribution is 2.56. The first kappa shape index (κ1) is 29.0. The zero-order valence-corrected chi connectivity index (χ0v) is 21.8. The molecule has 1 fully saturated rings. The molecule has 1 amide bonds. The van der Waals surface area contributed by atoms with Gasteiger partial charge in [-0.2, -0.15) is 26.3 Å². The fourth-order valence-corrected chi connectivity index (χ4v) is 8.41. The summed E-state index contributed by atoms with van der Waals surface area (Å²) in [6.07, 6.45) is -13.3. The Morgan fingerprint density at radius 1 is 0.854 bits per heavy atom. The molecule has 13 heteroatoms. The van der Waals surface area contributed by atoms with Crippen molar-refractivity contribution in [3.8, 4) is 0 Å². The molecule has 0 N–H and O–H groups in total. The van der Waals surface area contributed by atoms with Crippen LogP contribution in [0.4, 0.5) is 35.1 Å². The average Bonchev–Trinajstić information content (AvgIpc) is 3.33. The van der Waals surface area contributed by atoms with Crippen LogP contribution in [0.25, 0.3) is 0 Å². The number of carbonyl (C=O) groups is 1. The largest absolute Gasteiger partial charge is 0.435 e. The lowest BCUT2D eigenvalue weighted by atomic mass is 9.76. The maximum absolute atomic E-state index is 14.9. The van der Waals surface area contributed by atoms with E-state index >= 15 is 0 Å². The number of likely N-dealkylation sites (tertiary alicyclic amines) is 1. The van der Waals surface area contributed by atoms with E-state index in [9.17, 15) is 48.3 Å². The van der Waals surface area contributed by atoms with Gasteiger partial charge in [0, 0.05) is 17.7 Å². The Labute approximate surface area is 229 Å². The van der Waals surface area contributed by atoms with Gasteiger partial charge < -0.3 is 4.90 Å². The number of fused-ring (bicyclic) bond motifs is 3. The summed E-state index contributed by atoms with van der Waals surface area (Å²) in [5.74, 6) is -1.25. The maximum atomic E-state index is 14.9. The third kappa shape index (κ3) is 4.22. The Bertz CT molecular complexity index is 1570. The minimum absolute atomic E-state index is 0.0990. The molecule has 0 aromatic heterocycles. The molecule has 0 saturated carbocycles. The highest BCUT2D eigenvalue weighted by Gasteiger charge is 2.73. The van der Waals surface area contributed by atoms with Gasteiger partial charge in [0.05, 0.1) is 10.9 Å². The van der Waals surface area contributed by atoms with E-state index in [4.69, 9.17) is 0 Å². The van der Waals surface area contributed by atoms with Gasteiger partial charge in [-0.25, -0.2) is 17.2 Å². The molecule has 1 saturated heterocycles. The molecule has 0 radical (unpaired) electrons. The number of benzene rings is 3. The van der Waals surface area contributed by atoms with Crippen LogP contribution < -0.4 is 0 Å². The van der Waals surface area contributed by atoms with Gasteiger partial charge in [0.25, 0.3) is 5.91 Å². The number of aryl methyl sites for hydroxylation is 1. The van der Waals surface area contributed by atoms with Crippen molar-refractivity contribution in [2.24, 2.45) is 0 Å². The minimum Gasteiger partial charge on any atom is -0.334 e. The van der Waals surface area contributed by atoms with E-state index in [-0.39, 0.29) is 47.4 Å². The van der Waals surface area contributed by atoms with Crippen molar-refractivity contribution in [2.75, 3.05) is 6.54 Å². The van der Waals surface area contributed by atoms with Crippen LogP contribution in [-0.4, -0.2) is 44.2 Å². The van der Waals surface area contributed by atoms with Gasteiger partial charge in [0.2, 0.25) is 0 Å². The fraction of sp³-hybridized carbons (Fsp3) is 0.321. The van der Waals surface area contributed by atoms with Crippen LogP contribution in [-0.2, 0) is 26.7 Å². The zero-order chi connectivity index (χ0) is 30.0. The molecule has 1 aliphatic carbocycles. The molecule has 1 heterocycles. The monoisotopic (exact) mass is 603 g/mol. The molecule has 2 atom stereocenters. The van der Waals surface area contributed by atoms with Crippen LogP contribution in [0.5, 0.6) is 0 Å². The van der Waals surface area contributed by atoms with E-state index in [0.29, 0.717) is 12.1 Å². The molecule has 218 valence electrons. The number of hydrogen-bond donors (Lipinski definition) is 0. The number of alkyl halides is 7. The summed E-state index contributed by atoms with van der Waals surface area (Å²) in [7, 11) is -4.54. The summed E-state index contributed by atoms with van der Waals surface area (Å²) >= 11 is 0. The summed E-state index contributed by atoms with van der Waals surface area (Å²) in [4.78, 5) is 14.4. The molecule has 0 bridgehead atoms. The third-order valence-corrected chi connectivity index (χ3v) is 10.5. The fourth-order valence-electron chi connectivity index (χ4n) is 6.04. The average molecular weight is 604 g/mol. The Morgan fingerprint density at radius 2 is 1.46 bits per heavy atom. The number of halogens is 8. The van der Waals surface area contributed by atoms with E-state index in [1.165, 1.54) is 17.0 Å². The van der Waals surface area contributed by atoms with Crippen molar-refractivity contribution in [1.82, 2.24) is 4.90 Å². The van der Waals surface area contributed by atoms with E-state index in [2.05, 4.69) is 0 Å². The van der Waals surface area contributed by atoms with Crippen LogP contribution in [0, 0.1) is 5.82 Å². The van der Waals surface area contributed by atoms with Gasteiger partial charge in [-0.3, -0.25) is 4.79 Å². The van der Waals surface area contributed by atoms with Gasteiger partial charge in [-0.05, 0) is 66.8 Å². The Balaban J connectivity index is 1.71. The van der Waals surface area contributed by atoms with Gasteiger partial charge in [-0.1, -0.05) is 36.4 Å². The normalized spacial score (nSPS) is 21.4. The summed E-state index contributed by atoms with van der Waals surface area (Å²) in [6, 6.07) is 12.2. The Hall–Kier alpha value is -3.48. The second kappa shape index (κ2) is 9.53. The maximum Gasteiger partial charge on any atom is 0.435 e. The molecule has 2 aliphatic rings. The smallest absolute Gasteiger partial charge is 0.334 e. The van der Waals surface area contributed by atoms with E-state index in [1.807, 2.05) is 0 Å². The highest BCUT2D eigenvalue weighted by atomic mass is 32.2. The minimum atomic E-state index is -6.35. The second-order valence-corrected chi connectivity index (χ2v) is 12.2. The Morgan fingerprint density at radius 3 is 2.05 bits per heavy atom. The molecule has 5 rings (SSSR count). The highest BCUT2D eigenvalue weighted by molar-refractivity contribution is 7.92. The number of rotatable bonds is 4. The van der Waals surface area contributed by atoms with Gasteiger partial charge in [0.15, 0.2) is 9.84 Å². The standard InChI is InChI=1S/C28H21F8NO3S/c29-20-8-10-21(11-9-20)41(39,40)25-14-15-37(24(38)17-4-2-1-3-5-17)23(25)13-6-18-16-19(7-12-22(18)25)26(30,27(31,32)33)28(34,35)36/h1-5,7-12,16,23H,6,13-15H2/t23-,25-/m1/s1. The van der Waals surface area contributed by atoms with Gasteiger partial charge in [0.1, 0.15) is 10.6 Å². The number of sulfone groups is 1. The van der Waals surface area contributed by atoms with Crippen LogP contribution in [0.15, 0.2) is 77.7 Å². The molecule has 41 heavy (non-hydrogen) atoms. The van der Waals surface area contributed by atoms with E-state index in [0.717, 1.165) is 30.3 Å². The SMILES string of the molecule is O=C(c1ccccc1)N1CC[C@@]2(S(=O)(=O)c3ccc(F)cc3)c3ccc(C(F)(C(F)(F)F)C(F)(F)F)cc3CC[C@@H]12. The third-order valence-electron chi connectivity index (χ3n) is 7.95. The zero-order valence-electron chi connectivity index (χ0n) is 20.9. The van der Waals surface area contributed by atoms with Crippen molar-refractivity contribution >= 4 is 15.7 Å². The second-order valence-electron chi connectivity index (χ2n) is 10.0. The number of carbonyl (C=O) groups excluding carboxylic acids is 1. The summed E-state index contributed by atoms with van der Waals surface area (Å²) in [5.41, 5.74) is -7.51. The number of hydrogen-bond acceptors (Lipinski definition) is 3. The Kier molecular flexibility index (Phi) is 6.75. The summed E-state index contributed by atoms with van der Waals surface area (Å²) < 4.78 is 136. The first-order valence-corrected chi connectivity index (χ1v) is 13.9. The van der Waals surface area contributed by atoms with E-state index in [1.54, 1.807) is 18.2 Å². The van der Waals surface area contributed by atoms with Crippen molar-refractivity contribution in [2.45, 2.75) is 53.0 Å².